The molecule has 1 fully saturated rings. The zero-order valence-electron chi connectivity index (χ0n) is 16.0. The Hall–Kier alpha value is -3.86. The highest BCUT2D eigenvalue weighted by molar-refractivity contribution is 6.31. The van der Waals surface area contributed by atoms with Crippen molar-refractivity contribution in [3.63, 3.8) is 0 Å². The van der Waals surface area contributed by atoms with Crippen molar-refractivity contribution < 1.29 is 14.3 Å². The molecule has 144 valence electrons. The highest BCUT2D eigenvalue weighted by atomic mass is 16.5. The minimum absolute atomic E-state index is 0.0877. The fraction of sp³-hybridized carbons (Fsp3) is 0.0833. The fourth-order valence-electron chi connectivity index (χ4n) is 3.15. The predicted molar refractivity (Wildman–Crippen MR) is 112 cm³/mol. The second-order valence-corrected chi connectivity index (χ2v) is 6.83. The van der Waals surface area contributed by atoms with Gasteiger partial charge in [-0.3, -0.25) is 15.0 Å². The highest BCUT2D eigenvalue weighted by Gasteiger charge is 2.34. The van der Waals surface area contributed by atoms with Crippen molar-refractivity contribution in [3.05, 3.63) is 101 Å². The van der Waals surface area contributed by atoms with Gasteiger partial charge in [0.05, 0.1) is 5.69 Å². The number of benzene rings is 3. The van der Waals surface area contributed by atoms with E-state index in [2.05, 4.69) is 11.5 Å². The van der Waals surface area contributed by atoms with E-state index in [1.165, 1.54) is 10.6 Å². The molecule has 0 unspecified atom stereocenters. The van der Waals surface area contributed by atoms with Gasteiger partial charge in [0, 0.05) is 0 Å². The Morgan fingerprint density at radius 3 is 2.52 bits per heavy atom. The predicted octanol–water partition coefficient (Wildman–Crippen LogP) is 4.04. The normalized spacial score (nSPS) is 14.9. The van der Waals surface area contributed by atoms with Crippen molar-refractivity contribution in [3.8, 4) is 5.75 Å². The molecule has 2 amide bonds. The number of rotatable bonds is 5. The van der Waals surface area contributed by atoms with Gasteiger partial charge in [0.2, 0.25) is 0 Å². The van der Waals surface area contributed by atoms with E-state index >= 15 is 0 Å². The number of nitrogens with one attached hydrogen (secondary N) is 1. The number of carbonyl (C=O) groups excluding carboxylic acids is 2. The molecule has 5 nitrogen and oxygen atoms in total. The topological polar surface area (TPSA) is 58.6 Å². The number of ether oxygens (including phenoxy) is 1. The SMILES string of the molecule is Cc1cccc(COc2cccc(C=C3C(=O)NN(c4ccccc4)C3=O)c2)c1. The molecule has 0 saturated carbocycles. The van der Waals surface area contributed by atoms with Crippen LogP contribution in [0.3, 0.4) is 0 Å². The molecule has 3 aromatic rings. The van der Waals surface area contributed by atoms with Crippen molar-refractivity contribution in [2.24, 2.45) is 0 Å². The van der Waals surface area contributed by atoms with Crippen LogP contribution in [0.4, 0.5) is 5.69 Å². The van der Waals surface area contributed by atoms with E-state index in [-0.39, 0.29) is 11.5 Å². The fourth-order valence-corrected chi connectivity index (χ4v) is 3.15. The van der Waals surface area contributed by atoms with Crippen LogP contribution in [0.15, 0.2) is 84.4 Å². The molecule has 0 spiro atoms. The van der Waals surface area contributed by atoms with Crippen LogP contribution in [-0.2, 0) is 16.2 Å². The van der Waals surface area contributed by atoms with Crippen molar-refractivity contribution in [2.75, 3.05) is 5.01 Å². The second-order valence-electron chi connectivity index (χ2n) is 6.83. The van der Waals surface area contributed by atoms with E-state index in [1.54, 1.807) is 18.2 Å². The van der Waals surface area contributed by atoms with Crippen LogP contribution in [0.1, 0.15) is 16.7 Å². The molecule has 1 aliphatic rings. The summed E-state index contributed by atoms with van der Waals surface area (Å²) in [6.07, 6.45) is 1.58. The molecule has 1 heterocycles. The lowest BCUT2D eigenvalue weighted by atomic mass is 10.1. The zero-order chi connectivity index (χ0) is 20.2. The van der Waals surface area contributed by atoms with Crippen LogP contribution in [-0.4, -0.2) is 11.8 Å². The van der Waals surface area contributed by atoms with Crippen molar-refractivity contribution in [1.29, 1.82) is 0 Å². The largest absolute Gasteiger partial charge is 0.489 e. The maximum atomic E-state index is 12.7. The molecule has 1 N–H and O–H groups in total. The van der Waals surface area contributed by atoms with E-state index in [1.807, 2.05) is 67.6 Å². The summed E-state index contributed by atoms with van der Waals surface area (Å²) in [7, 11) is 0. The van der Waals surface area contributed by atoms with Gasteiger partial charge < -0.3 is 4.74 Å². The molecule has 1 saturated heterocycles. The van der Waals surface area contributed by atoms with Crippen molar-refractivity contribution in [1.82, 2.24) is 5.43 Å². The van der Waals surface area contributed by atoms with Gasteiger partial charge in [0.15, 0.2) is 0 Å². The summed E-state index contributed by atoms with van der Waals surface area (Å²) in [6, 6.07) is 24.5. The van der Waals surface area contributed by atoms with Crippen LogP contribution >= 0.6 is 0 Å². The quantitative estimate of drug-likeness (QED) is 0.534. The molecule has 0 atom stereocenters. The molecule has 0 aromatic heterocycles. The molecular weight excluding hydrogens is 364 g/mol. The molecule has 4 rings (SSSR count). The van der Waals surface area contributed by atoms with Crippen LogP contribution < -0.4 is 15.2 Å². The molecule has 0 bridgehead atoms. The Kier molecular flexibility index (Phi) is 5.12. The molecule has 0 aliphatic carbocycles. The summed E-state index contributed by atoms with van der Waals surface area (Å²) in [5.41, 5.74) is 6.29. The number of para-hydroxylation sites is 1. The first kappa shape index (κ1) is 18.5. The van der Waals surface area contributed by atoms with Gasteiger partial charge in [-0.05, 0) is 48.4 Å². The number of hydrazine groups is 1. The number of nitrogens with zero attached hydrogens (tertiary/aromatic N) is 1. The lowest BCUT2D eigenvalue weighted by Crippen LogP contribution is -2.35. The Labute approximate surface area is 169 Å². The maximum absolute atomic E-state index is 12.7. The number of hydrogen-bond donors (Lipinski definition) is 1. The van der Waals surface area contributed by atoms with E-state index < -0.39 is 5.91 Å². The molecule has 5 heteroatoms. The van der Waals surface area contributed by atoms with E-state index in [0.29, 0.717) is 18.0 Å². The first-order valence-electron chi connectivity index (χ1n) is 9.31. The van der Waals surface area contributed by atoms with E-state index in [4.69, 9.17) is 4.74 Å². The number of carbonyl (C=O) groups is 2. The Morgan fingerprint density at radius 1 is 0.931 bits per heavy atom. The first-order valence-corrected chi connectivity index (χ1v) is 9.31. The number of hydrogen-bond acceptors (Lipinski definition) is 3. The van der Waals surface area contributed by atoms with Crippen molar-refractivity contribution in [2.45, 2.75) is 13.5 Å². The number of anilines is 1. The van der Waals surface area contributed by atoms with Crippen LogP contribution in [0.5, 0.6) is 5.75 Å². The average Bonchev–Trinajstić information content (AvgIpc) is 3.02. The molecular formula is C24H20N2O3. The van der Waals surface area contributed by atoms with Gasteiger partial charge in [-0.1, -0.05) is 60.2 Å². The highest BCUT2D eigenvalue weighted by Crippen LogP contribution is 2.23. The van der Waals surface area contributed by atoms with E-state index in [9.17, 15) is 9.59 Å². The van der Waals surface area contributed by atoms with Gasteiger partial charge in [0.25, 0.3) is 11.8 Å². The summed E-state index contributed by atoms with van der Waals surface area (Å²) in [4.78, 5) is 25.0. The third-order valence-corrected chi connectivity index (χ3v) is 4.56. The molecule has 3 aromatic carbocycles. The monoisotopic (exact) mass is 384 g/mol. The van der Waals surface area contributed by atoms with Crippen molar-refractivity contribution >= 4 is 23.6 Å². The summed E-state index contributed by atoms with van der Waals surface area (Å²) in [5.74, 6) is -0.135. The summed E-state index contributed by atoms with van der Waals surface area (Å²) >= 11 is 0. The molecule has 29 heavy (non-hydrogen) atoms. The minimum Gasteiger partial charge on any atom is -0.489 e. The smallest absolute Gasteiger partial charge is 0.282 e. The number of aryl methyl sites for hydroxylation is 1. The third-order valence-electron chi connectivity index (χ3n) is 4.56. The van der Waals surface area contributed by atoms with Gasteiger partial charge in [-0.25, -0.2) is 5.01 Å². The third kappa shape index (κ3) is 4.19. The Bertz CT molecular complexity index is 1090. The van der Waals surface area contributed by atoms with E-state index in [0.717, 1.165) is 11.1 Å². The average molecular weight is 384 g/mol. The Morgan fingerprint density at radius 2 is 1.72 bits per heavy atom. The van der Waals surface area contributed by atoms with Gasteiger partial charge in [-0.15, -0.1) is 0 Å². The minimum atomic E-state index is -0.426. The summed E-state index contributed by atoms with van der Waals surface area (Å²) < 4.78 is 5.87. The standard InChI is InChI=1S/C24H20N2O3/c1-17-7-5-9-19(13-17)16-29-21-12-6-8-18(14-21)15-22-23(27)25-26(24(22)28)20-10-3-2-4-11-20/h2-15H,16H2,1H3,(H,25,27). The molecule has 0 radical (unpaired) electrons. The number of amides is 2. The van der Waals surface area contributed by atoms with Crippen LogP contribution in [0, 0.1) is 6.92 Å². The van der Waals surface area contributed by atoms with Crippen LogP contribution in [0.25, 0.3) is 6.08 Å². The van der Waals surface area contributed by atoms with Gasteiger partial charge in [0.1, 0.15) is 17.9 Å². The first-order chi connectivity index (χ1) is 14.1. The van der Waals surface area contributed by atoms with Gasteiger partial charge >= 0.3 is 0 Å². The lowest BCUT2D eigenvalue weighted by molar-refractivity contribution is -0.117. The Balaban J connectivity index is 1.51. The molecule has 1 aliphatic heterocycles. The zero-order valence-corrected chi connectivity index (χ0v) is 16.0. The summed E-state index contributed by atoms with van der Waals surface area (Å²) in [6.45, 7) is 2.49. The van der Waals surface area contributed by atoms with Gasteiger partial charge in [-0.2, -0.15) is 0 Å². The second kappa shape index (κ2) is 8.02. The maximum Gasteiger partial charge on any atom is 0.282 e. The lowest BCUT2D eigenvalue weighted by Gasteiger charge is -2.13. The summed E-state index contributed by atoms with van der Waals surface area (Å²) in [5, 5.41) is 1.26. The van der Waals surface area contributed by atoms with Crippen LogP contribution in [0.2, 0.25) is 0 Å².